The van der Waals surface area contributed by atoms with Gasteiger partial charge in [-0.1, -0.05) is 48.0 Å². The highest BCUT2D eigenvalue weighted by Crippen LogP contribution is 2.33. The van der Waals surface area contributed by atoms with Crippen molar-refractivity contribution in [2.24, 2.45) is 0 Å². The number of hydrogen-bond acceptors (Lipinski definition) is 5. The minimum atomic E-state index is -3.78. The zero-order chi connectivity index (χ0) is 20.3. The smallest absolute Gasteiger partial charge is 0.236 e. The van der Waals surface area contributed by atoms with Gasteiger partial charge in [-0.05, 0) is 50.0 Å². The van der Waals surface area contributed by atoms with E-state index in [1.165, 1.54) is 0 Å². The van der Waals surface area contributed by atoms with E-state index in [4.69, 9.17) is 4.42 Å². The summed E-state index contributed by atoms with van der Waals surface area (Å²) in [5, 5.41) is -0.00374. The number of anilines is 1. The van der Waals surface area contributed by atoms with Crippen LogP contribution in [0.2, 0.25) is 0 Å². The molecule has 0 spiro atoms. The molecule has 3 aromatic rings. The van der Waals surface area contributed by atoms with E-state index in [0.29, 0.717) is 11.8 Å². The van der Waals surface area contributed by atoms with Crippen LogP contribution in [0.25, 0.3) is 12.2 Å². The Bertz CT molecular complexity index is 1090. The fourth-order valence-electron chi connectivity index (χ4n) is 3.42. The van der Waals surface area contributed by atoms with Gasteiger partial charge in [0.2, 0.25) is 26.6 Å². The van der Waals surface area contributed by atoms with Crippen molar-refractivity contribution >= 4 is 27.9 Å². The Morgan fingerprint density at radius 2 is 1.62 bits per heavy atom. The first-order valence-corrected chi connectivity index (χ1v) is 11.3. The molecular formula is C23H24N2O3S. The summed E-state index contributed by atoms with van der Waals surface area (Å²) < 4.78 is 32.6. The summed E-state index contributed by atoms with van der Waals surface area (Å²) >= 11 is 0. The number of nitrogens with zero attached hydrogens (tertiary/aromatic N) is 2. The Morgan fingerprint density at radius 1 is 0.931 bits per heavy atom. The third-order valence-electron chi connectivity index (χ3n) is 5.04. The number of aryl methyl sites for hydroxylation is 1. The molecule has 1 fully saturated rings. The molecule has 0 unspecified atom stereocenters. The number of rotatable bonds is 5. The van der Waals surface area contributed by atoms with Gasteiger partial charge in [0.15, 0.2) is 0 Å². The minimum Gasteiger partial charge on any atom is -0.420 e. The Hall–Kier alpha value is -2.86. The van der Waals surface area contributed by atoms with Crippen LogP contribution in [0.4, 0.5) is 5.88 Å². The third kappa shape index (κ3) is 4.27. The van der Waals surface area contributed by atoms with Gasteiger partial charge in [-0.2, -0.15) is 4.98 Å². The minimum absolute atomic E-state index is 0.00374. The highest BCUT2D eigenvalue weighted by Gasteiger charge is 2.31. The fourth-order valence-corrected chi connectivity index (χ4v) is 4.75. The average molecular weight is 409 g/mol. The summed E-state index contributed by atoms with van der Waals surface area (Å²) in [7, 11) is -3.78. The van der Waals surface area contributed by atoms with E-state index in [2.05, 4.69) is 4.98 Å². The lowest BCUT2D eigenvalue weighted by Crippen LogP contribution is -2.30. The van der Waals surface area contributed by atoms with E-state index in [9.17, 15) is 8.42 Å². The maximum atomic E-state index is 13.3. The molecule has 0 atom stereocenters. The molecule has 0 amide bonds. The molecule has 2 heterocycles. The second kappa shape index (κ2) is 8.25. The van der Waals surface area contributed by atoms with Crippen LogP contribution in [0.3, 0.4) is 0 Å². The van der Waals surface area contributed by atoms with Crippen molar-refractivity contribution in [2.45, 2.75) is 36.1 Å². The largest absolute Gasteiger partial charge is 0.420 e. The van der Waals surface area contributed by atoms with E-state index in [1.54, 1.807) is 30.3 Å². The topological polar surface area (TPSA) is 63.4 Å². The van der Waals surface area contributed by atoms with Crippen molar-refractivity contribution in [3.05, 3.63) is 71.6 Å². The fraction of sp³-hybridized carbons (Fsp3) is 0.261. The molecule has 1 aromatic heterocycles. The molecule has 1 saturated heterocycles. The predicted molar refractivity (Wildman–Crippen MR) is 115 cm³/mol. The first-order valence-electron chi connectivity index (χ1n) is 9.85. The van der Waals surface area contributed by atoms with E-state index >= 15 is 0 Å². The molecule has 4 rings (SSSR count). The summed E-state index contributed by atoms with van der Waals surface area (Å²) in [4.78, 5) is 6.62. The molecule has 0 bridgehead atoms. The molecule has 5 nitrogen and oxygen atoms in total. The highest BCUT2D eigenvalue weighted by atomic mass is 32.2. The summed E-state index contributed by atoms with van der Waals surface area (Å²) in [5.74, 6) is 0.637. The molecule has 6 heteroatoms. The Kier molecular flexibility index (Phi) is 5.53. The quantitative estimate of drug-likeness (QED) is 0.596. The van der Waals surface area contributed by atoms with Crippen LogP contribution in [0.1, 0.15) is 36.3 Å². The lowest BCUT2D eigenvalue weighted by atomic mass is 10.1. The van der Waals surface area contributed by atoms with Crippen LogP contribution in [0.5, 0.6) is 0 Å². The summed E-state index contributed by atoms with van der Waals surface area (Å²) in [6.07, 6.45) is 6.76. The van der Waals surface area contributed by atoms with Crippen LogP contribution in [0.15, 0.2) is 68.9 Å². The van der Waals surface area contributed by atoms with Crippen molar-refractivity contribution in [1.29, 1.82) is 0 Å². The third-order valence-corrected chi connectivity index (χ3v) is 6.71. The average Bonchev–Trinajstić information content (AvgIpc) is 3.19. The van der Waals surface area contributed by atoms with Crippen molar-refractivity contribution in [3.8, 4) is 0 Å². The van der Waals surface area contributed by atoms with Gasteiger partial charge in [0.25, 0.3) is 0 Å². The molecule has 1 aliphatic heterocycles. The highest BCUT2D eigenvalue weighted by molar-refractivity contribution is 7.91. The normalized spacial score (nSPS) is 15.1. The zero-order valence-electron chi connectivity index (χ0n) is 16.4. The Morgan fingerprint density at radius 3 is 2.31 bits per heavy atom. The van der Waals surface area contributed by atoms with Crippen molar-refractivity contribution in [1.82, 2.24) is 4.98 Å². The molecule has 0 aliphatic carbocycles. The number of aromatic nitrogens is 1. The van der Waals surface area contributed by atoms with Gasteiger partial charge in [-0.15, -0.1) is 0 Å². The second-order valence-corrected chi connectivity index (χ2v) is 9.14. The number of sulfone groups is 1. The van der Waals surface area contributed by atoms with Crippen LogP contribution in [-0.4, -0.2) is 26.5 Å². The monoisotopic (exact) mass is 408 g/mol. The number of oxazole rings is 1. The van der Waals surface area contributed by atoms with Gasteiger partial charge in [0.1, 0.15) is 0 Å². The van der Waals surface area contributed by atoms with Crippen LogP contribution >= 0.6 is 0 Å². The first kappa shape index (κ1) is 19.5. The van der Waals surface area contributed by atoms with Crippen molar-refractivity contribution in [2.75, 3.05) is 18.0 Å². The van der Waals surface area contributed by atoms with E-state index < -0.39 is 9.84 Å². The predicted octanol–water partition coefficient (Wildman–Crippen LogP) is 4.98. The van der Waals surface area contributed by atoms with Crippen LogP contribution < -0.4 is 4.90 Å². The Balaban J connectivity index is 1.75. The molecule has 2 aromatic carbocycles. The molecule has 0 N–H and O–H groups in total. The maximum Gasteiger partial charge on any atom is 0.236 e. The molecule has 1 aliphatic rings. The maximum absolute atomic E-state index is 13.3. The lowest BCUT2D eigenvalue weighted by molar-refractivity contribution is 0.487. The van der Waals surface area contributed by atoms with Gasteiger partial charge in [-0.3, -0.25) is 0 Å². The van der Waals surface area contributed by atoms with Gasteiger partial charge in [-0.25, -0.2) is 8.42 Å². The van der Waals surface area contributed by atoms with Crippen LogP contribution in [0, 0.1) is 6.92 Å². The summed E-state index contributed by atoms with van der Waals surface area (Å²) in [6.45, 7) is 3.47. The van der Waals surface area contributed by atoms with Gasteiger partial charge in [0, 0.05) is 19.2 Å². The zero-order valence-corrected chi connectivity index (χ0v) is 17.2. The Labute approximate surface area is 171 Å². The lowest BCUT2D eigenvalue weighted by Gasteiger charge is -2.26. The van der Waals surface area contributed by atoms with E-state index in [0.717, 1.165) is 43.5 Å². The van der Waals surface area contributed by atoms with E-state index in [1.807, 2.05) is 48.2 Å². The van der Waals surface area contributed by atoms with Crippen LogP contribution in [-0.2, 0) is 9.84 Å². The second-order valence-electron chi connectivity index (χ2n) is 7.27. The standard InChI is InChI=1S/C23H24N2O3S/c1-18-10-13-20(14-11-18)29(26,27)22-23(25-16-6-3-7-17-25)28-21(24-22)15-12-19-8-4-2-5-9-19/h2,4-5,8-15H,3,6-7,16-17H2,1H3/b15-12+. The summed E-state index contributed by atoms with van der Waals surface area (Å²) in [6, 6.07) is 16.6. The van der Waals surface area contributed by atoms with Gasteiger partial charge < -0.3 is 9.32 Å². The van der Waals surface area contributed by atoms with Crippen molar-refractivity contribution in [3.63, 3.8) is 0 Å². The molecular weight excluding hydrogens is 384 g/mol. The number of piperidine rings is 1. The van der Waals surface area contributed by atoms with E-state index in [-0.39, 0.29) is 9.92 Å². The number of benzene rings is 2. The van der Waals surface area contributed by atoms with Gasteiger partial charge >= 0.3 is 0 Å². The number of hydrogen-bond donors (Lipinski definition) is 0. The summed E-state index contributed by atoms with van der Waals surface area (Å²) in [5.41, 5.74) is 2.00. The first-order chi connectivity index (χ1) is 14.0. The molecule has 0 saturated carbocycles. The SMILES string of the molecule is Cc1ccc(S(=O)(=O)c2nc(/C=C/c3ccccc3)oc2N2CCCCC2)cc1. The molecule has 150 valence electrons. The molecule has 0 radical (unpaired) electrons. The molecule has 29 heavy (non-hydrogen) atoms. The van der Waals surface area contributed by atoms with Crippen molar-refractivity contribution < 1.29 is 12.8 Å². The van der Waals surface area contributed by atoms with Gasteiger partial charge in [0.05, 0.1) is 4.90 Å².